The maximum Gasteiger partial charge on any atom is 0.231 e. The molecule has 3 rings (SSSR count). The van der Waals surface area contributed by atoms with Crippen molar-refractivity contribution in [3.63, 3.8) is 0 Å². The second-order valence-electron chi connectivity index (χ2n) is 5.20. The molecule has 0 bridgehead atoms. The summed E-state index contributed by atoms with van der Waals surface area (Å²) in [6.07, 6.45) is 4.23. The molecule has 1 aromatic carbocycles. The van der Waals surface area contributed by atoms with Gasteiger partial charge in [0, 0.05) is 18.3 Å². The fourth-order valence-corrected chi connectivity index (χ4v) is 2.36. The molecule has 2 heterocycles. The molecule has 5 heteroatoms. The van der Waals surface area contributed by atoms with Crippen molar-refractivity contribution in [3.8, 4) is 5.75 Å². The Morgan fingerprint density at radius 1 is 1.18 bits per heavy atom. The molecule has 22 heavy (non-hydrogen) atoms. The van der Waals surface area contributed by atoms with E-state index in [-0.39, 0.29) is 0 Å². The minimum Gasteiger partial charge on any atom is -0.494 e. The Hall–Kier alpha value is -2.56. The van der Waals surface area contributed by atoms with Crippen LogP contribution in [0.4, 0.5) is 11.5 Å². The molecule has 0 atom stereocenters. The van der Waals surface area contributed by atoms with Gasteiger partial charge in [-0.2, -0.15) is 0 Å². The van der Waals surface area contributed by atoms with E-state index >= 15 is 0 Å². The van der Waals surface area contributed by atoms with Gasteiger partial charge in [-0.05, 0) is 37.6 Å². The second kappa shape index (κ2) is 6.05. The molecule has 0 amide bonds. The molecule has 0 saturated carbocycles. The van der Waals surface area contributed by atoms with Gasteiger partial charge in [-0.3, -0.25) is 0 Å². The van der Waals surface area contributed by atoms with E-state index in [1.54, 1.807) is 6.26 Å². The molecule has 0 radical (unpaired) electrons. The van der Waals surface area contributed by atoms with E-state index in [1.807, 2.05) is 43.1 Å². The van der Waals surface area contributed by atoms with Gasteiger partial charge >= 0.3 is 0 Å². The van der Waals surface area contributed by atoms with Gasteiger partial charge in [0.2, 0.25) is 5.71 Å². The first-order valence-electron chi connectivity index (χ1n) is 7.36. The lowest BCUT2D eigenvalue weighted by Gasteiger charge is -2.19. The number of ether oxygens (including phenoxy) is 1. The van der Waals surface area contributed by atoms with Crippen molar-refractivity contribution >= 4 is 22.6 Å². The van der Waals surface area contributed by atoms with Crippen LogP contribution in [0.25, 0.3) is 11.1 Å². The molecule has 0 unspecified atom stereocenters. The maximum absolute atomic E-state index is 5.61. The maximum atomic E-state index is 5.61. The highest BCUT2D eigenvalue weighted by atomic mass is 16.5. The number of aromatic nitrogens is 2. The lowest BCUT2D eigenvalue weighted by molar-refractivity contribution is 0.317. The number of furan rings is 1. The zero-order valence-corrected chi connectivity index (χ0v) is 13.0. The number of aryl methyl sites for hydroxylation is 1. The van der Waals surface area contributed by atoms with E-state index in [9.17, 15) is 0 Å². The molecule has 0 spiro atoms. The van der Waals surface area contributed by atoms with Crippen LogP contribution in [0.2, 0.25) is 0 Å². The summed E-state index contributed by atoms with van der Waals surface area (Å²) in [5.41, 5.74) is 2.67. The minimum absolute atomic E-state index is 0.609. The third kappa shape index (κ3) is 2.62. The van der Waals surface area contributed by atoms with Crippen molar-refractivity contribution in [2.24, 2.45) is 0 Å². The molecule has 0 saturated heterocycles. The van der Waals surface area contributed by atoms with Crippen LogP contribution < -0.4 is 9.64 Å². The predicted octanol–water partition coefficient (Wildman–Crippen LogP) is 4.09. The number of rotatable bonds is 5. The van der Waals surface area contributed by atoms with Crippen LogP contribution in [0.5, 0.6) is 5.75 Å². The SMILES string of the molecule is CCCOc1ccc(N(C)c2ncnc3occ(C)c23)cc1. The normalized spacial score (nSPS) is 10.9. The highest BCUT2D eigenvalue weighted by molar-refractivity contribution is 5.91. The fourth-order valence-electron chi connectivity index (χ4n) is 2.36. The van der Waals surface area contributed by atoms with Crippen LogP contribution in [-0.2, 0) is 0 Å². The van der Waals surface area contributed by atoms with Gasteiger partial charge in [0.25, 0.3) is 0 Å². The van der Waals surface area contributed by atoms with Crippen molar-refractivity contribution in [1.29, 1.82) is 0 Å². The molecule has 114 valence electrons. The van der Waals surface area contributed by atoms with Crippen LogP contribution in [0.3, 0.4) is 0 Å². The Kier molecular flexibility index (Phi) is 3.96. The zero-order valence-electron chi connectivity index (χ0n) is 13.0. The summed E-state index contributed by atoms with van der Waals surface area (Å²) in [4.78, 5) is 10.6. The number of fused-ring (bicyclic) bond motifs is 1. The van der Waals surface area contributed by atoms with Crippen molar-refractivity contribution in [3.05, 3.63) is 42.4 Å². The number of anilines is 2. The fraction of sp³-hybridized carbons (Fsp3) is 0.294. The predicted molar refractivity (Wildman–Crippen MR) is 86.8 cm³/mol. The first kappa shape index (κ1) is 14.4. The smallest absolute Gasteiger partial charge is 0.231 e. The quantitative estimate of drug-likeness (QED) is 0.710. The van der Waals surface area contributed by atoms with Crippen molar-refractivity contribution < 1.29 is 9.15 Å². The Labute approximate surface area is 129 Å². The van der Waals surface area contributed by atoms with E-state index in [1.165, 1.54) is 6.33 Å². The Morgan fingerprint density at radius 3 is 2.68 bits per heavy atom. The van der Waals surface area contributed by atoms with Crippen molar-refractivity contribution in [2.75, 3.05) is 18.6 Å². The summed E-state index contributed by atoms with van der Waals surface area (Å²) in [6.45, 7) is 4.82. The third-order valence-electron chi connectivity index (χ3n) is 3.55. The molecule has 5 nitrogen and oxygen atoms in total. The lowest BCUT2D eigenvalue weighted by atomic mass is 10.2. The highest BCUT2D eigenvalue weighted by Crippen LogP contribution is 2.31. The summed E-state index contributed by atoms with van der Waals surface area (Å²) in [5.74, 6) is 1.71. The van der Waals surface area contributed by atoms with E-state index in [4.69, 9.17) is 9.15 Å². The van der Waals surface area contributed by atoms with Gasteiger partial charge in [-0.25, -0.2) is 9.97 Å². The Morgan fingerprint density at radius 2 is 1.95 bits per heavy atom. The lowest BCUT2D eigenvalue weighted by Crippen LogP contribution is -2.12. The summed E-state index contributed by atoms with van der Waals surface area (Å²) >= 11 is 0. The first-order valence-corrected chi connectivity index (χ1v) is 7.36. The van der Waals surface area contributed by atoms with Gasteiger partial charge in [0.05, 0.1) is 18.3 Å². The number of hydrogen-bond donors (Lipinski definition) is 0. The molecule has 0 aliphatic heterocycles. The third-order valence-corrected chi connectivity index (χ3v) is 3.55. The molecular formula is C17H19N3O2. The minimum atomic E-state index is 0.609. The topological polar surface area (TPSA) is 51.4 Å². The number of hydrogen-bond acceptors (Lipinski definition) is 5. The van der Waals surface area contributed by atoms with E-state index < -0.39 is 0 Å². The Balaban J connectivity index is 1.92. The number of nitrogens with zero attached hydrogens (tertiary/aromatic N) is 3. The monoisotopic (exact) mass is 297 g/mol. The Bertz CT molecular complexity index is 765. The van der Waals surface area contributed by atoms with Gasteiger partial charge < -0.3 is 14.1 Å². The molecule has 0 aliphatic rings. The van der Waals surface area contributed by atoms with E-state index in [0.717, 1.165) is 41.2 Å². The van der Waals surface area contributed by atoms with Gasteiger partial charge in [-0.15, -0.1) is 0 Å². The summed E-state index contributed by atoms with van der Waals surface area (Å²) in [7, 11) is 1.98. The van der Waals surface area contributed by atoms with Gasteiger partial charge in [0.15, 0.2) is 0 Å². The van der Waals surface area contributed by atoms with Crippen LogP contribution in [0.1, 0.15) is 18.9 Å². The molecule has 0 aliphatic carbocycles. The van der Waals surface area contributed by atoms with Crippen LogP contribution in [0.15, 0.2) is 41.3 Å². The molecule has 0 fully saturated rings. The number of benzene rings is 1. The van der Waals surface area contributed by atoms with Crippen LogP contribution in [0, 0.1) is 6.92 Å². The van der Waals surface area contributed by atoms with E-state index in [0.29, 0.717) is 5.71 Å². The van der Waals surface area contributed by atoms with Gasteiger partial charge in [-0.1, -0.05) is 6.92 Å². The summed E-state index contributed by atoms with van der Waals surface area (Å²) in [6, 6.07) is 7.99. The van der Waals surface area contributed by atoms with Gasteiger partial charge in [0.1, 0.15) is 17.9 Å². The van der Waals surface area contributed by atoms with Crippen LogP contribution >= 0.6 is 0 Å². The second-order valence-corrected chi connectivity index (χ2v) is 5.20. The van der Waals surface area contributed by atoms with Crippen molar-refractivity contribution in [1.82, 2.24) is 9.97 Å². The average molecular weight is 297 g/mol. The molecule has 0 N–H and O–H groups in total. The standard InChI is InChI=1S/C17H19N3O2/c1-4-9-21-14-7-5-13(6-8-14)20(3)16-15-12(2)10-22-17(15)19-11-18-16/h5-8,10-11H,4,9H2,1-3H3. The van der Waals surface area contributed by atoms with Crippen LogP contribution in [-0.4, -0.2) is 23.6 Å². The summed E-state index contributed by atoms with van der Waals surface area (Å²) < 4.78 is 11.1. The van der Waals surface area contributed by atoms with E-state index in [2.05, 4.69) is 16.9 Å². The zero-order chi connectivity index (χ0) is 15.5. The average Bonchev–Trinajstić information content (AvgIpc) is 2.94. The largest absolute Gasteiger partial charge is 0.494 e. The molecular weight excluding hydrogens is 278 g/mol. The molecule has 3 aromatic rings. The summed E-state index contributed by atoms with van der Waals surface area (Å²) in [5, 5.41) is 0.941. The molecule has 2 aromatic heterocycles. The van der Waals surface area contributed by atoms with Crippen molar-refractivity contribution in [2.45, 2.75) is 20.3 Å². The first-order chi connectivity index (χ1) is 10.7. The highest BCUT2D eigenvalue weighted by Gasteiger charge is 2.15.